The molecule has 0 spiro atoms. The molecular weight excluding hydrogens is 170 g/mol. The predicted octanol–water partition coefficient (Wildman–Crippen LogP) is 1.52. The van der Waals surface area contributed by atoms with Gasteiger partial charge in [0.2, 0.25) is 6.08 Å². The summed E-state index contributed by atoms with van der Waals surface area (Å²) in [4.78, 5) is 23.3. The molecule has 0 saturated carbocycles. The zero-order valence-electron chi connectivity index (χ0n) is 7.45. The molecule has 0 aromatic carbocycles. The largest absolute Gasteiger partial charge is 0.478 e. The van der Waals surface area contributed by atoms with E-state index in [0.717, 1.165) is 19.3 Å². The third-order valence-electron chi connectivity index (χ3n) is 1.62. The van der Waals surface area contributed by atoms with Crippen LogP contribution in [0.1, 0.15) is 25.7 Å². The van der Waals surface area contributed by atoms with Gasteiger partial charge in [0, 0.05) is 5.57 Å². The average molecular weight is 183 g/mol. The molecule has 0 aliphatic heterocycles. The number of carboxylic acids is 1. The maximum atomic E-state index is 10.3. The van der Waals surface area contributed by atoms with Crippen LogP contribution in [0, 0.1) is 0 Å². The van der Waals surface area contributed by atoms with Crippen molar-refractivity contribution < 1.29 is 14.7 Å². The Kier molecular flexibility index (Phi) is 6.46. The summed E-state index contributed by atoms with van der Waals surface area (Å²) in [5.41, 5.74) is 0.235. The highest BCUT2D eigenvalue weighted by atomic mass is 16.4. The van der Waals surface area contributed by atoms with Crippen LogP contribution < -0.4 is 0 Å². The first kappa shape index (κ1) is 11.6. The number of hydrogen-bond donors (Lipinski definition) is 1. The van der Waals surface area contributed by atoms with E-state index in [1.165, 1.54) is 6.08 Å². The van der Waals surface area contributed by atoms with Crippen LogP contribution in [0.3, 0.4) is 0 Å². The first-order valence-corrected chi connectivity index (χ1v) is 4.13. The van der Waals surface area contributed by atoms with Crippen molar-refractivity contribution in [3.8, 4) is 0 Å². The first-order chi connectivity index (χ1) is 6.18. The Morgan fingerprint density at radius 3 is 2.62 bits per heavy atom. The monoisotopic (exact) mass is 183 g/mol. The summed E-state index contributed by atoms with van der Waals surface area (Å²) in [6.45, 7) is 3.88. The van der Waals surface area contributed by atoms with Crippen molar-refractivity contribution in [3.05, 3.63) is 12.2 Å². The maximum Gasteiger partial charge on any atom is 0.330 e. The summed E-state index contributed by atoms with van der Waals surface area (Å²) in [7, 11) is 0. The van der Waals surface area contributed by atoms with Gasteiger partial charge in [0.25, 0.3) is 0 Å². The molecule has 0 saturated heterocycles. The van der Waals surface area contributed by atoms with Crippen molar-refractivity contribution in [3.63, 3.8) is 0 Å². The smallest absolute Gasteiger partial charge is 0.330 e. The third-order valence-corrected chi connectivity index (χ3v) is 1.62. The molecule has 0 aliphatic rings. The number of nitrogens with zero attached hydrogens (tertiary/aromatic N) is 1. The van der Waals surface area contributed by atoms with E-state index in [2.05, 4.69) is 11.6 Å². The number of aliphatic carboxylic acids is 1. The van der Waals surface area contributed by atoms with Gasteiger partial charge >= 0.3 is 5.97 Å². The van der Waals surface area contributed by atoms with Gasteiger partial charge in [-0.1, -0.05) is 13.0 Å². The lowest BCUT2D eigenvalue weighted by Crippen LogP contribution is -1.98. The zero-order chi connectivity index (χ0) is 10.1. The number of carbonyl (C=O) groups excluding carboxylic acids is 1. The molecule has 0 radical (unpaired) electrons. The van der Waals surface area contributed by atoms with Crippen LogP contribution in [-0.4, -0.2) is 23.7 Å². The van der Waals surface area contributed by atoms with Gasteiger partial charge in [0.1, 0.15) is 0 Å². The quantitative estimate of drug-likeness (QED) is 0.281. The lowest BCUT2D eigenvalue weighted by Gasteiger charge is -1.98. The topological polar surface area (TPSA) is 66.7 Å². The highest BCUT2D eigenvalue weighted by Crippen LogP contribution is 2.06. The molecule has 0 aliphatic carbocycles. The fraction of sp³-hybridized carbons (Fsp3) is 0.556. The fourth-order valence-corrected chi connectivity index (χ4v) is 0.859. The molecular formula is C9H13NO3. The Morgan fingerprint density at radius 2 is 2.08 bits per heavy atom. The van der Waals surface area contributed by atoms with Gasteiger partial charge < -0.3 is 5.11 Å². The molecule has 0 aromatic rings. The molecule has 0 bridgehead atoms. The fourth-order valence-electron chi connectivity index (χ4n) is 0.859. The van der Waals surface area contributed by atoms with Crippen molar-refractivity contribution in [1.82, 2.24) is 0 Å². The summed E-state index contributed by atoms with van der Waals surface area (Å²) >= 11 is 0. The van der Waals surface area contributed by atoms with Crippen LogP contribution in [0.15, 0.2) is 17.1 Å². The third kappa shape index (κ3) is 6.97. The minimum absolute atomic E-state index is 0.235. The number of unbranched alkanes of at least 4 members (excludes halogenated alkanes) is 2. The van der Waals surface area contributed by atoms with Gasteiger partial charge in [0.15, 0.2) is 0 Å². The van der Waals surface area contributed by atoms with Crippen molar-refractivity contribution in [2.75, 3.05) is 6.54 Å². The minimum atomic E-state index is -0.939. The van der Waals surface area contributed by atoms with Crippen LogP contribution in [0.4, 0.5) is 0 Å². The molecule has 4 heteroatoms. The predicted molar refractivity (Wildman–Crippen MR) is 48.2 cm³/mol. The number of carboxylic acid groups (broad SMARTS) is 1. The van der Waals surface area contributed by atoms with Crippen LogP contribution in [-0.2, 0) is 9.59 Å². The van der Waals surface area contributed by atoms with Crippen LogP contribution in [0.5, 0.6) is 0 Å². The van der Waals surface area contributed by atoms with Crippen LogP contribution in [0.25, 0.3) is 0 Å². The van der Waals surface area contributed by atoms with E-state index in [4.69, 9.17) is 5.11 Å². The van der Waals surface area contributed by atoms with E-state index in [0.29, 0.717) is 13.0 Å². The van der Waals surface area contributed by atoms with Gasteiger partial charge in [-0.25, -0.2) is 14.6 Å². The Bertz CT molecular complexity index is 229. The van der Waals surface area contributed by atoms with Crippen molar-refractivity contribution in [2.24, 2.45) is 4.99 Å². The van der Waals surface area contributed by atoms with Gasteiger partial charge in [-0.3, -0.25) is 0 Å². The van der Waals surface area contributed by atoms with Crippen LogP contribution in [0.2, 0.25) is 0 Å². The Morgan fingerprint density at radius 1 is 1.38 bits per heavy atom. The SMILES string of the molecule is C=C(CCCCCN=C=O)C(=O)O. The molecule has 0 unspecified atom stereocenters. The molecule has 72 valence electrons. The summed E-state index contributed by atoms with van der Waals surface area (Å²) in [5, 5.41) is 8.45. The second-order valence-corrected chi connectivity index (χ2v) is 2.69. The summed E-state index contributed by atoms with van der Waals surface area (Å²) in [5.74, 6) is -0.939. The first-order valence-electron chi connectivity index (χ1n) is 4.13. The Labute approximate surface area is 77.0 Å². The highest BCUT2D eigenvalue weighted by molar-refractivity contribution is 5.85. The van der Waals surface area contributed by atoms with Gasteiger partial charge in [-0.2, -0.15) is 0 Å². The van der Waals surface area contributed by atoms with E-state index < -0.39 is 5.97 Å². The molecule has 0 amide bonds. The van der Waals surface area contributed by atoms with Gasteiger partial charge in [-0.05, 0) is 19.3 Å². The molecule has 1 N–H and O–H groups in total. The van der Waals surface area contributed by atoms with E-state index in [-0.39, 0.29) is 5.57 Å². The van der Waals surface area contributed by atoms with E-state index >= 15 is 0 Å². The number of aliphatic imine (C=N–C) groups is 1. The van der Waals surface area contributed by atoms with Crippen molar-refractivity contribution >= 4 is 12.0 Å². The Hall–Kier alpha value is -1.41. The second-order valence-electron chi connectivity index (χ2n) is 2.69. The molecule has 0 heterocycles. The molecule has 13 heavy (non-hydrogen) atoms. The van der Waals surface area contributed by atoms with Crippen molar-refractivity contribution in [2.45, 2.75) is 25.7 Å². The standard InChI is InChI=1S/C9H13NO3/c1-8(9(12)13)5-3-2-4-6-10-7-11/h1-6H2,(H,12,13). The normalized spacial score (nSPS) is 8.92. The lowest BCUT2D eigenvalue weighted by atomic mass is 10.1. The summed E-state index contributed by atoms with van der Waals surface area (Å²) < 4.78 is 0. The lowest BCUT2D eigenvalue weighted by molar-refractivity contribution is -0.132. The molecule has 0 atom stereocenters. The minimum Gasteiger partial charge on any atom is -0.478 e. The number of hydrogen-bond acceptors (Lipinski definition) is 3. The maximum absolute atomic E-state index is 10.3. The molecule has 0 aromatic heterocycles. The second kappa shape index (κ2) is 7.25. The van der Waals surface area contributed by atoms with E-state index in [9.17, 15) is 9.59 Å². The number of carbonyl (C=O) groups is 1. The van der Waals surface area contributed by atoms with Crippen LogP contribution >= 0.6 is 0 Å². The zero-order valence-corrected chi connectivity index (χ0v) is 7.45. The van der Waals surface area contributed by atoms with Gasteiger partial charge in [-0.15, -0.1) is 0 Å². The van der Waals surface area contributed by atoms with E-state index in [1.54, 1.807) is 0 Å². The van der Waals surface area contributed by atoms with Gasteiger partial charge in [0.05, 0.1) is 6.54 Å². The number of rotatable bonds is 7. The molecule has 4 nitrogen and oxygen atoms in total. The highest BCUT2D eigenvalue weighted by Gasteiger charge is 2.01. The van der Waals surface area contributed by atoms with E-state index in [1.807, 2.05) is 0 Å². The number of isocyanates is 1. The summed E-state index contributed by atoms with van der Waals surface area (Å²) in [6, 6.07) is 0. The van der Waals surface area contributed by atoms with Crippen molar-refractivity contribution in [1.29, 1.82) is 0 Å². The molecule has 0 rings (SSSR count). The average Bonchev–Trinajstić information content (AvgIpc) is 2.10. The summed E-state index contributed by atoms with van der Waals surface area (Å²) in [6.07, 6.45) is 4.38. The Balaban J connectivity index is 3.30. The molecule has 0 fully saturated rings.